The molecular weight excluding hydrogens is 330 g/mol. The minimum absolute atomic E-state index is 0.0765. The molecule has 0 atom stereocenters. The van der Waals surface area contributed by atoms with Gasteiger partial charge in [0.2, 0.25) is 11.8 Å². The molecule has 3 heterocycles. The van der Waals surface area contributed by atoms with Crippen molar-refractivity contribution in [2.24, 2.45) is 0 Å². The second-order valence-corrected chi connectivity index (χ2v) is 6.17. The zero-order valence-electron chi connectivity index (χ0n) is 12.9. The third-order valence-corrected chi connectivity index (χ3v) is 4.14. The first-order valence-electron chi connectivity index (χ1n) is 7.48. The molecular formula is C16H14ClN5O2. The average Bonchev–Trinajstić information content (AvgIpc) is 3.15. The summed E-state index contributed by atoms with van der Waals surface area (Å²) in [5.41, 5.74) is 2.26. The molecule has 0 saturated carbocycles. The van der Waals surface area contributed by atoms with Crippen molar-refractivity contribution >= 4 is 11.6 Å². The predicted molar refractivity (Wildman–Crippen MR) is 87.3 cm³/mol. The fraction of sp³-hybridized carbons (Fsp3) is 0.250. The Morgan fingerprint density at radius 2 is 2.04 bits per heavy atom. The van der Waals surface area contributed by atoms with Gasteiger partial charge in [-0.1, -0.05) is 11.6 Å². The summed E-state index contributed by atoms with van der Waals surface area (Å²) in [6.07, 6.45) is 0. The molecule has 1 aromatic carbocycles. The molecule has 0 fully saturated rings. The van der Waals surface area contributed by atoms with Crippen LogP contribution in [0.2, 0.25) is 5.02 Å². The van der Waals surface area contributed by atoms with Crippen molar-refractivity contribution in [1.82, 2.24) is 25.1 Å². The summed E-state index contributed by atoms with van der Waals surface area (Å²) in [6.45, 7) is 3.37. The number of nitrogens with zero attached hydrogens (tertiary/aromatic N) is 4. The molecule has 24 heavy (non-hydrogen) atoms. The van der Waals surface area contributed by atoms with E-state index in [0.717, 1.165) is 11.3 Å². The monoisotopic (exact) mass is 343 g/mol. The predicted octanol–water partition coefficient (Wildman–Crippen LogP) is 2.30. The van der Waals surface area contributed by atoms with E-state index >= 15 is 0 Å². The molecule has 1 aliphatic heterocycles. The molecule has 4 rings (SSSR count). The molecule has 0 bridgehead atoms. The summed E-state index contributed by atoms with van der Waals surface area (Å²) in [5.74, 6) is 1.58. The third-order valence-electron chi connectivity index (χ3n) is 3.89. The molecule has 0 amide bonds. The molecule has 0 radical (unpaired) electrons. The van der Waals surface area contributed by atoms with E-state index in [4.69, 9.17) is 16.0 Å². The van der Waals surface area contributed by atoms with Crippen LogP contribution in [0.15, 0.2) is 33.5 Å². The lowest BCUT2D eigenvalue weighted by Gasteiger charge is -2.10. The van der Waals surface area contributed by atoms with Crippen LogP contribution in [0, 0.1) is 6.92 Å². The number of benzene rings is 1. The van der Waals surface area contributed by atoms with Gasteiger partial charge in [0.25, 0.3) is 5.56 Å². The average molecular weight is 344 g/mol. The van der Waals surface area contributed by atoms with Crippen LogP contribution in [0.4, 0.5) is 0 Å². The van der Waals surface area contributed by atoms with E-state index < -0.39 is 0 Å². The number of rotatable bonds is 3. The van der Waals surface area contributed by atoms with Crippen LogP contribution in [-0.4, -0.2) is 25.1 Å². The molecule has 2 aromatic heterocycles. The molecule has 1 N–H and O–H groups in total. The first-order chi connectivity index (χ1) is 11.6. The molecule has 0 spiro atoms. The number of halogens is 1. The second kappa shape index (κ2) is 5.85. The number of fused-ring (bicyclic) bond motifs is 1. The van der Waals surface area contributed by atoms with Crippen LogP contribution in [0.3, 0.4) is 0 Å². The van der Waals surface area contributed by atoms with E-state index in [9.17, 15) is 4.79 Å². The number of H-pyrrole nitrogens is 1. The Labute approximate surface area is 142 Å². The summed E-state index contributed by atoms with van der Waals surface area (Å²) in [4.78, 5) is 21.1. The Balaban J connectivity index is 1.50. The quantitative estimate of drug-likeness (QED) is 0.785. The lowest BCUT2D eigenvalue weighted by molar-refractivity contribution is 0.245. The van der Waals surface area contributed by atoms with Gasteiger partial charge in [-0.2, -0.15) is 0 Å². The number of hydrogen-bond donors (Lipinski definition) is 1. The van der Waals surface area contributed by atoms with Crippen LogP contribution < -0.4 is 5.56 Å². The first kappa shape index (κ1) is 15.0. The van der Waals surface area contributed by atoms with Crippen molar-refractivity contribution < 1.29 is 4.42 Å². The van der Waals surface area contributed by atoms with Gasteiger partial charge in [-0.3, -0.25) is 9.69 Å². The summed E-state index contributed by atoms with van der Waals surface area (Å²) < 4.78 is 5.71. The van der Waals surface area contributed by atoms with Crippen LogP contribution in [0.5, 0.6) is 0 Å². The van der Waals surface area contributed by atoms with Gasteiger partial charge in [0.05, 0.1) is 17.8 Å². The topological polar surface area (TPSA) is 87.9 Å². The van der Waals surface area contributed by atoms with Gasteiger partial charge >= 0.3 is 0 Å². The highest BCUT2D eigenvalue weighted by Gasteiger charge is 2.25. The summed E-state index contributed by atoms with van der Waals surface area (Å²) in [5, 5.41) is 8.81. The number of nitrogens with one attached hydrogen (secondary N) is 1. The fourth-order valence-electron chi connectivity index (χ4n) is 2.78. The first-order valence-corrected chi connectivity index (χ1v) is 7.85. The minimum Gasteiger partial charge on any atom is -0.419 e. The van der Waals surface area contributed by atoms with Gasteiger partial charge in [-0.15, -0.1) is 10.2 Å². The number of aromatic amines is 1. The highest BCUT2D eigenvalue weighted by molar-refractivity contribution is 6.30. The highest BCUT2D eigenvalue weighted by atomic mass is 35.5. The molecule has 8 heteroatoms. The summed E-state index contributed by atoms with van der Waals surface area (Å²) >= 11 is 5.88. The third kappa shape index (κ3) is 2.83. The maximum atomic E-state index is 12.0. The zero-order valence-corrected chi connectivity index (χ0v) is 13.7. The van der Waals surface area contributed by atoms with Crippen LogP contribution >= 0.6 is 11.6 Å². The van der Waals surface area contributed by atoms with Crippen molar-refractivity contribution in [3.63, 3.8) is 0 Å². The van der Waals surface area contributed by atoms with Gasteiger partial charge in [0.1, 0.15) is 5.82 Å². The fourth-order valence-corrected chi connectivity index (χ4v) is 2.91. The molecule has 0 aliphatic carbocycles. The van der Waals surface area contributed by atoms with E-state index in [-0.39, 0.29) is 5.56 Å². The van der Waals surface area contributed by atoms with Gasteiger partial charge < -0.3 is 9.40 Å². The Kier molecular flexibility index (Phi) is 3.66. The van der Waals surface area contributed by atoms with Crippen LogP contribution in [0.25, 0.3) is 11.5 Å². The highest BCUT2D eigenvalue weighted by Crippen LogP contribution is 2.23. The number of aromatic nitrogens is 4. The van der Waals surface area contributed by atoms with Crippen LogP contribution in [-0.2, 0) is 19.6 Å². The lowest BCUT2D eigenvalue weighted by atomic mass is 10.2. The van der Waals surface area contributed by atoms with Gasteiger partial charge in [0.15, 0.2) is 0 Å². The lowest BCUT2D eigenvalue weighted by Crippen LogP contribution is -2.18. The van der Waals surface area contributed by atoms with E-state index in [1.165, 1.54) is 0 Å². The van der Waals surface area contributed by atoms with Crippen molar-refractivity contribution in [2.75, 3.05) is 0 Å². The second-order valence-electron chi connectivity index (χ2n) is 5.73. The Morgan fingerprint density at radius 3 is 2.83 bits per heavy atom. The van der Waals surface area contributed by atoms with E-state index in [2.05, 4.69) is 20.2 Å². The minimum atomic E-state index is -0.0765. The Morgan fingerprint density at radius 1 is 1.25 bits per heavy atom. The van der Waals surface area contributed by atoms with E-state index in [0.29, 0.717) is 47.8 Å². The maximum Gasteiger partial charge on any atom is 0.255 e. The largest absolute Gasteiger partial charge is 0.419 e. The Bertz CT molecular complexity index is 948. The van der Waals surface area contributed by atoms with E-state index in [1.54, 1.807) is 19.1 Å². The van der Waals surface area contributed by atoms with Crippen molar-refractivity contribution in [3.05, 3.63) is 62.6 Å². The normalized spacial score (nSPS) is 14.1. The zero-order chi connectivity index (χ0) is 16.7. The molecule has 1 aliphatic rings. The molecule has 122 valence electrons. The molecule has 0 unspecified atom stereocenters. The van der Waals surface area contributed by atoms with Crippen molar-refractivity contribution in [2.45, 2.75) is 26.6 Å². The van der Waals surface area contributed by atoms with Gasteiger partial charge in [0, 0.05) is 23.7 Å². The SMILES string of the molecule is Cc1nc2c(c(=O)[nH]1)CN(Cc1nnc(-c3ccc(Cl)cc3)o1)C2. The maximum absolute atomic E-state index is 12.0. The van der Waals surface area contributed by atoms with Crippen LogP contribution in [0.1, 0.15) is 23.0 Å². The van der Waals surface area contributed by atoms with E-state index in [1.807, 2.05) is 17.0 Å². The molecule has 0 saturated heterocycles. The summed E-state index contributed by atoms with van der Waals surface area (Å²) in [7, 11) is 0. The van der Waals surface area contributed by atoms with Crippen molar-refractivity contribution in [3.8, 4) is 11.5 Å². The molecule has 3 aromatic rings. The summed E-state index contributed by atoms with van der Waals surface area (Å²) in [6, 6.07) is 7.21. The number of hydrogen-bond acceptors (Lipinski definition) is 6. The standard InChI is InChI=1S/C16H14ClN5O2/c1-9-18-13-7-22(6-12(13)15(23)19-9)8-14-20-21-16(24-14)10-2-4-11(17)5-3-10/h2-5H,6-8H2,1H3,(H,18,19,23). The number of aryl methyl sites for hydroxylation is 1. The van der Waals surface area contributed by atoms with Crippen molar-refractivity contribution in [1.29, 1.82) is 0 Å². The smallest absolute Gasteiger partial charge is 0.255 e. The molecule has 7 nitrogen and oxygen atoms in total. The Hall–Kier alpha value is -2.51. The van der Waals surface area contributed by atoms with Gasteiger partial charge in [-0.25, -0.2) is 4.98 Å². The van der Waals surface area contributed by atoms with Gasteiger partial charge in [-0.05, 0) is 31.2 Å².